The van der Waals surface area contributed by atoms with Crippen LogP contribution in [0.3, 0.4) is 0 Å². The highest BCUT2D eigenvalue weighted by Gasteiger charge is 2.13. The van der Waals surface area contributed by atoms with Gasteiger partial charge in [-0.05, 0) is 48.9 Å². The van der Waals surface area contributed by atoms with Crippen LogP contribution in [-0.4, -0.2) is 11.5 Å². The van der Waals surface area contributed by atoms with Crippen LogP contribution in [0, 0.1) is 12.7 Å². The molecule has 0 radical (unpaired) electrons. The average molecular weight is 337 g/mol. The molecule has 1 aromatic carbocycles. The van der Waals surface area contributed by atoms with E-state index in [1.807, 2.05) is 38.2 Å². The third kappa shape index (κ3) is 4.12. The van der Waals surface area contributed by atoms with Gasteiger partial charge in [-0.3, -0.25) is 4.98 Å². The van der Waals surface area contributed by atoms with Gasteiger partial charge in [-0.15, -0.1) is 0 Å². The Morgan fingerprint density at radius 3 is 2.70 bits per heavy atom. The van der Waals surface area contributed by atoms with Crippen LogP contribution in [0.5, 0.6) is 0 Å². The van der Waals surface area contributed by atoms with E-state index >= 15 is 0 Å². The molecule has 1 N–H and O–H groups in total. The molecule has 4 heteroatoms. The van der Waals surface area contributed by atoms with E-state index in [1.165, 1.54) is 6.07 Å². The standard InChI is InChI=1S/C16H18BrFN2/c1-3-19-16(9-15-5-4-11(2)10-20-15)12-6-13(17)8-14(18)7-12/h4-8,10,16,19H,3,9H2,1-2H3. The molecular weight excluding hydrogens is 319 g/mol. The first-order valence-electron chi connectivity index (χ1n) is 6.69. The van der Waals surface area contributed by atoms with Crippen molar-refractivity contribution in [3.05, 3.63) is 63.6 Å². The fourth-order valence-electron chi connectivity index (χ4n) is 2.16. The summed E-state index contributed by atoms with van der Waals surface area (Å²) in [6.45, 7) is 4.89. The number of aromatic nitrogens is 1. The second-order valence-corrected chi connectivity index (χ2v) is 5.76. The molecule has 0 amide bonds. The molecule has 106 valence electrons. The normalized spacial score (nSPS) is 12.4. The number of pyridine rings is 1. The van der Waals surface area contributed by atoms with Gasteiger partial charge in [0.15, 0.2) is 0 Å². The SMILES string of the molecule is CCNC(Cc1ccc(C)cn1)c1cc(F)cc(Br)c1. The Hall–Kier alpha value is -1.26. The summed E-state index contributed by atoms with van der Waals surface area (Å²) >= 11 is 3.34. The Bertz CT molecular complexity index is 549. The first-order chi connectivity index (χ1) is 9.58. The van der Waals surface area contributed by atoms with E-state index in [0.717, 1.165) is 34.3 Å². The van der Waals surface area contributed by atoms with E-state index in [0.29, 0.717) is 0 Å². The number of rotatable bonds is 5. The van der Waals surface area contributed by atoms with Crippen molar-refractivity contribution in [2.75, 3.05) is 6.54 Å². The van der Waals surface area contributed by atoms with Crippen molar-refractivity contribution < 1.29 is 4.39 Å². The molecule has 0 bridgehead atoms. The van der Waals surface area contributed by atoms with E-state index in [4.69, 9.17) is 0 Å². The van der Waals surface area contributed by atoms with Crippen LogP contribution in [-0.2, 0) is 6.42 Å². The molecule has 0 aliphatic rings. The van der Waals surface area contributed by atoms with E-state index in [2.05, 4.69) is 26.2 Å². The van der Waals surface area contributed by atoms with Gasteiger partial charge in [0.05, 0.1) is 0 Å². The Labute approximate surface area is 127 Å². The molecule has 1 heterocycles. The number of halogens is 2. The van der Waals surface area contributed by atoms with Gasteiger partial charge in [0.1, 0.15) is 5.82 Å². The maximum absolute atomic E-state index is 13.5. The average Bonchev–Trinajstić information content (AvgIpc) is 2.39. The molecule has 1 atom stereocenters. The minimum absolute atomic E-state index is 0.0576. The topological polar surface area (TPSA) is 24.9 Å². The van der Waals surface area contributed by atoms with Crippen molar-refractivity contribution in [1.82, 2.24) is 10.3 Å². The van der Waals surface area contributed by atoms with Gasteiger partial charge in [-0.1, -0.05) is 28.9 Å². The number of hydrogen-bond acceptors (Lipinski definition) is 2. The lowest BCUT2D eigenvalue weighted by molar-refractivity contribution is 0.537. The summed E-state index contributed by atoms with van der Waals surface area (Å²) in [5.41, 5.74) is 3.07. The van der Waals surface area contributed by atoms with Crippen LogP contribution in [0.2, 0.25) is 0 Å². The minimum Gasteiger partial charge on any atom is -0.310 e. The molecule has 1 unspecified atom stereocenters. The van der Waals surface area contributed by atoms with E-state index in [9.17, 15) is 4.39 Å². The highest BCUT2D eigenvalue weighted by atomic mass is 79.9. The predicted molar refractivity (Wildman–Crippen MR) is 83.2 cm³/mol. The molecule has 2 aromatic rings. The van der Waals surface area contributed by atoms with Crippen LogP contribution in [0.15, 0.2) is 41.0 Å². The van der Waals surface area contributed by atoms with Crippen molar-refractivity contribution in [1.29, 1.82) is 0 Å². The van der Waals surface area contributed by atoms with Crippen LogP contribution < -0.4 is 5.32 Å². The van der Waals surface area contributed by atoms with Gasteiger partial charge in [-0.2, -0.15) is 0 Å². The zero-order chi connectivity index (χ0) is 14.5. The second-order valence-electron chi connectivity index (χ2n) is 4.84. The maximum atomic E-state index is 13.5. The van der Waals surface area contributed by atoms with Crippen LogP contribution in [0.25, 0.3) is 0 Å². The smallest absolute Gasteiger partial charge is 0.124 e. The molecule has 0 aliphatic carbocycles. The summed E-state index contributed by atoms with van der Waals surface area (Å²) in [6.07, 6.45) is 2.60. The quantitative estimate of drug-likeness (QED) is 0.885. The van der Waals surface area contributed by atoms with Gasteiger partial charge in [-0.25, -0.2) is 4.39 Å². The van der Waals surface area contributed by atoms with Crippen molar-refractivity contribution in [3.8, 4) is 0 Å². The highest BCUT2D eigenvalue weighted by molar-refractivity contribution is 9.10. The Morgan fingerprint density at radius 2 is 2.10 bits per heavy atom. The number of benzene rings is 1. The number of nitrogens with zero attached hydrogens (tertiary/aromatic N) is 1. The maximum Gasteiger partial charge on any atom is 0.124 e. The fourth-order valence-corrected chi connectivity index (χ4v) is 2.64. The number of aryl methyl sites for hydroxylation is 1. The number of nitrogens with one attached hydrogen (secondary N) is 1. The van der Waals surface area contributed by atoms with Gasteiger partial charge in [0, 0.05) is 28.8 Å². The third-order valence-corrected chi connectivity index (χ3v) is 3.58. The Balaban J connectivity index is 2.23. The second kappa shape index (κ2) is 6.95. The lowest BCUT2D eigenvalue weighted by atomic mass is 10.0. The van der Waals surface area contributed by atoms with E-state index in [1.54, 1.807) is 6.07 Å². The molecular formula is C16H18BrFN2. The largest absolute Gasteiger partial charge is 0.310 e. The van der Waals surface area contributed by atoms with Gasteiger partial charge in [0.25, 0.3) is 0 Å². The molecule has 2 rings (SSSR count). The summed E-state index contributed by atoms with van der Waals surface area (Å²) in [4.78, 5) is 4.43. The lowest BCUT2D eigenvalue weighted by Crippen LogP contribution is -2.23. The van der Waals surface area contributed by atoms with Crippen molar-refractivity contribution in [3.63, 3.8) is 0 Å². The van der Waals surface area contributed by atoms with Crippen molar-refractivity contribution in [2.45, 2.75) is 26.3 Å². The highest BCUT2D eigenvalue weighted by Crippen LogP contribution is 2.23. The summed E-state index contributed by atoms with van der Waals surface area (Å²) in [7, 11) is 0. The predicted octanol–water partition coefficient (Wildman–Crippen LogP) is 4.18. The summed E-state index contributed by atoms with van der Waals surface area (Å²) < 4.78 is 14.3. The number of likely N-dealkylation sites (N-methyl/N-ethyl adjacent to an activating group) is 1. The lowest BCUT2D eigenvalue weighted by Gasteiger charge is -2.18. The monoisotopic (exact) mass is 336 g/mol. The Kier molecular flexibility index (Phi) is 5.26. The van der Waals surface area contributed by atoms with Crippen LogP contribution in [0.1, 0.15) is 29.8 Å². The molecule has 0 spiro atoms. The molecule has 0 saturated heterocycles. The zero-order valence-electron chi connectivity index (χ0n) is 11.7. The fraction of sp³-hybridized carbons (Fsp3) is 0.312. The van der Waals surface area contributed by atoms with Gasteiger partial charge in [0.2, 0.25) is 0 Å². The zero-order valence-corrected chi connectivity index (χ0v) is 13.2. The molecule has 0 fully saturated rings. The third-order valence-electron chi connectivity index (χ3n) is 3.12. The minimum atomic E-state index is -0.228. The molecule has 0 saturated carbocycles. The number of hydrogen-bond donors (Lipinski definition) is 1. The molecule has 2 nitrogen and oxygen atoms in total. The summed E-state index contributed by atoms with van der Waals surface area (Å²) in [5.74, 6) is -0.228. The van der Waals surface area contributed by atoms with E-state index < -0.39 is 0 Å². The van der Waals surface area contributed by atoms with Gasteiger partial charge < -0.3 is 5.32 Å². The first kappa shape index (κ1) is 15.1. The molecule has 20 heavy (non-hydrogen) atoms. The molecule has 0 aliphatic heterocycles. The molecule has 1 aromatic heterocycles. The van der Waals surface area contributed by atoms with Crippen molar-refractivity contribution >= 4 is 15.9 Å². The summed E-state index contributed by atoms with van der Waals surface area (Å²) in [6, 6.07) is 9.12. The van der Waals surface area contributed by atoms with Crippen LogP contribution >= 0.6 is 15.9 Å². The van der Waals surface area contributed by atoms with E-state index in [-0.39, 0.29) is 11.9 Å². The van der Waals surface area contributed by atoms with Crippen molar-refractivity contribution in [2.24, 2.45) is 0 Å². The van der Waals surface area contributed by atoms with Crippen LogP contribution in [0.4, 0.5) is 4.39 Å². The Morgan fingerprint density at radius 1 is 1.30 bits per heavy atom. The first-order valence-corrected chi connectivity index (χ1v) is 7.48. The summed E-state index contributed by atoms with van der Waals surface area (Å²) in [5, 5.41) is 3.39. The van der Waals surface area contributed by atoms with Gasteiger partial charge >= 0.3 is 0 Å².